The standard InChI is InChI=1S/C15H14N2S/c1-11(2)10-17-13-7-4-3-6-12(13)16-15(17)14-8-5-9-18-14/h3-9H,1,10H2,2H3. The van der Waals surface area contributed by atoms with Crippen molar-refractivity contribution in [3.63, 3.8) is 0 Å². The fourth-order valence-electron chi connectivity index (χ4n) is 2.10. The van der Waals surface area contributed by atoms with E-state index in [9.17, 15) is 0 Å². The molecule has 2 aromatic heterocycles. The van der Waals surface area contributed by atoms with E-state index >= 15 is 0 Å². The maximum atomic E-state index is 4.74. The molecule has 2 nitrogen and oxygen atoms in total. The first-order chi connectivity index (χ1) is 8.75. The van der Waals surface area contributed by atoms with E-state index < -0.39 is 0 Å². The molecule has 0 amide bonds. The Hall–Kier alpha value is -1.87. The van der Waals surface area contributed by atoms with Gasteiger partial charge in [-0.2, -0.15) is 0 Å². The zero-order chi connectivity index (χ0) is 12.5. The quantitative estimate of drug-likeness (QED) is 0.636. The summed E-state index contributed by atoms with van der Waals surface area (Å²) in [7, 11) is 0. The van der Waals surface area contributed by atoms with Gasteiger partial charge in [0.05, 0.1) is 15.9 Å². The van der Waals surface area contributed by atoms with Crippen LogP contribution in [0.15, 0.2) is 53.9 Å². The summed E-state index contributed by atoms with van der Waals surface area (Å²) >= 11 is 1.72. The van der Waals surface area contributed by atoms with Crippen molar-refractivity contribution in [2.24, 2.45) is 0 Å². The molecule has 2 heterocycles. The van der Waals surface area contributed by atoms with Crippen LogP contribution in [-0.4, -0.2) is 9.55 Å². The lowest BCUT2D eigenvalue weighted by Crippen LogP contribution is -2.00. The average molecular weight is 254 g/mol. The number of rotatable bonds is 3. The van der Waals surface area contributed by atoms with Gasteiger partial charge < -0.3 is 4.57 Å². The van der Waals surface area contributed by atoms with E-state index in [1.807, 2.05) is 13.0 Å². The van der Waals surface area contributed by atoms with Gasteiger partial charge in [-0.15, -0.1) is 11.3 Å². The van der Waals surface area contributed by atoms with Crippen LogP contribution in [0.25, 0.3) is 21.7 Å². The van der Waals surface area contributed by atoms with E-state index in [0.29, 0.717) is 0 Å². The van der Waals surface area contributed by atoms with Crippen molar-refractivity contribution in [3.05, 3.63) is 53.9 Å². The van der Waals surface area contributed by atoms with E-state index in [4.69, 9.17) is 4.98 Å². The summed E-state index contributed by atoms with van der Waals surface area (Å²) in [4.78, 5) is 5.94. The summed E-state index contributed by atoms with van der Waals surface area (Å²) in [5.41, 5.74) is 3.35. The molecule has 1 aromatic carbocycles. The Morgan fingerprint density at radius 3 is 2.83 bits per heavy atom. The van der Waals surface area contributed by atoms with Gasteiger partial charge in [0.25, 0.3) is 0 Å². The molecule has 0 saturated carbocycles. The van der Waals surface area contributed by atoms with Crippen molar-refractivity contribution >= 4 is 22.4 Å². The molecule has 0 unspecified atom stereocenters. The maximum absolute atomic E-state index is 4.74. The molecule has 0 bridgehead atoms. The van der Waals surface area contributed by atoms with Gasteiger partial charge in [-0.3, -0.25) is 0 Å². The number of allylic oxidation sites excluding steroid dienone is 1. The minimum absolute atomic E-state index is 0.813. The van der Waals surface area contributed by atoms with Gasteiger partial charge in [-0.05, 0) is 30.5 Å². The largest absolute Gasteiger partial charge is 0.319 e. The summed E-state index contributed by atoms with van der Waals surface area (Å²) in [5, 5.41) is 2.08. The number of imidazole rings is 1. The maximum Gasteiger partial charge on any atom is 0.151 e. The number of aromatic nitrogens is 2. The van der Waals surface area contributed by atoms with Gasteiger partial charge in [0, 0.05) is 6.54 Å². The molecule has 3 heteroatoms. The smallest absolute Gasteiger partial charge is 0.151 e. The predicted octanol–water partition coefficient (Wildman–Crippen LogP) is 4.34. The van der Waals surface area contributed by atoms with Crippen molar-refractivity contribution in [1.29, 1.82) is 0 Å². The topological polar surface area (TPSA) is 17.8 Å². The van der Waals surface area contributed by atoms with Crippen molar-refractivity contribution in [1.82, 2.24) is 9.55 Å². The summed E-state index contributed by atoms with van der Waals surface area (Å²) in [5.74, 6) is 1.04. The van der Waals surface area contributed by atoms with Crippen molar-refractivity contribution < 1.29 is 0 Å². The van der Waals surface area contributed by atoms with Gasteiger partial charge in [0.2, 0.25) is 0 Å². The van der Waals surface area contributed by atoms with Crippen LogP contribution in [0, 0.1) is 0 Å². The van der Waals surface area contributed by atoms with E-state index in [1.54, 1.807) is 11.3 Å². The van der Waals surface area contributed by atoms with Crippen molar-refractivity contribution in [2.75, 3.05) is 0 Å². The fraction of sp³-hybridized carbons (Fsp3) is 0.133. The van der Waals surface area contributed by atoms with Gasteiger partial charge in [-0.1, -0.05) is 30.4 Å². The Bertz CT molecular complexity index is 692. The van der Waals surface area contributed by atoms with Crippen LogP contribution >= 0.6 is 11.3 Å². The molecule has 0 atom stereocenters. The van der Waals surface area contributed by atoms with E-state index in [0.717, 1.165) is 23.5 Å². The molecule has 3 rings (SSSR count). The second-order valence-electron chi connectivity index (χ2n) is 4.44. The highest BCUT2D eigenvalue weighted by atomic mass is 32.1. The third kappa shape index (κ3) is 1.87. The first-order valence-corrected chi connectivity index (χ1v) is 6.77. The van der Waals surface area contributed by atoms with Crippen LogP contribution in [-0.2, 0) is 6.54 Å². The van der Waals surface area contributed by atoms with E-state index in [-0.39, 0.29) is 0 Å². The van der Waals surface area contributed by atoms with E-state index in [2.05, 4.69) is 46.9 Å². The van der Waals surface area contributed by atoms with Crippen LogP contribution in [0.2, 0.25) is 0 Å². The molecule has 3 aromatic rings. The van der Waals surface area contributed by atoms with Crippen molar-refractivity contribution in [3.8, 4) is 10.7 Å². The lowest BCUT2D eigenvalue weighted by Gasteiger charge is -2.07. The highest BCUT2D eigenvalue weighted by Crippen LogP contribution is 2.28. The predicted molar refractivity (Wildman–Crippen MR) is 77.9 cm³/mol. The zero-order valence-electron chi connectivity index (χ0n) is 10.3. The lowest BCUT2D eigenvalue weighted by atomic mass is 10.3. The van der Waals surface area contributed by atoms with Crippen molar-refractivity contribution in [2.45, 2.75) is 13.5 Å². The molecule has 90 valence electrons. The summed E-state index contributed by atoms with van der Waals surface area (Å²) in [6.07, 6.45) is 0. The summed E-state index contributed by atoms with van der Waals surface area (Å²) in [6.45, 7) is 6.88. The molecule has 0 aliphatic carbocycles. The molecule has 0 N–H and O–H groups in total. The Morgan fingerprint density at radius 2 is 2.11 bits per heavy atom. The number of nitrogens with zero attached hydrogens (tertiary/aromatic N) is 2. The molecular weight excluding hydrogens is 240 g/mol. The summed E-state index contributed by atoms with van der Waals surface area (Å²) < 4.78 is 2.24. The molecule has 0 radical (unpaired) electrons. The van der Waals surface area contributed by atoms with Crippen LogP contribution < -0.4 is 0 Å². The second-order valence-corrected chi connectivity index (χ2v) is 5.39. The molecular formula is C15H14N2S. The number of thiophene rings is 1. The minimum atomic E-state index is 0.813. The third-order valence-electron chi connectivity index (χ3n) is 2.82. The van der Waals surface area contributed by atoms with E-state index in [1.165, 1.54) is 10.4 Å². The second kappa shape index (κ2) is 4.42. The fourth-order valence-corrected chi connectivity index (χ4v) is 2.82. The number of hydrogen-bond acceptors (Lipinski definition) is 2. The molecule has 18 heavy (non-hydrogen) atoms. The molecule has 0 aliphatic rings. The molecule has 0 fully saturated rings. The van der Waals surface area contributed by atoms with Crippen LogP contribution in [0.1, 0.15) is 6.92 Å². The SMILES string of the molecule is C=C(C)Cn1c(-c2cccs2)nc2ccccc21. The van der Waals surface area contributed by atoms with Gasteiger partial charge in [0.15, 0.2) is 5.82 Å². The number of benzene rings is 1. The average Bonchev–Trinajstić information content (AvgIpc) is 2.96. The minimum Gasteiger partial charge on any atom is -0.319 e. The number of hydrogen-bond donors (Lipinski definition) is 0. The van der Waals surface area contributed by atoms with Crippen LogP contribution in [0.4, 0.5) is 0 Å². The lowest BCUT2D eigenvalue weighted by molar-refractivity contribution is 0.822. The third-order valence-corrected chi connectivity index (χ3v) is 3.69. The first kappa shape index (κ1) is 11.2. The zero-order valence-corrected chi connectivity index (χ0v) is 11.1. The normalized spacial score (nSPS) is 10.9. The Kier molecular flexibility index (Phi) is 2.76. The van der Waals surface area contributed by atoms with Gasteiger partial charge in [0.1, 0.15) is 0 Å². The molecule has 0 saturated heterocycles. The van der Waals surface area contributed by atoms with Gasteiger partial charge in [-0.25, -0.2) is 4.98 Å². The molecule has 0 aliphatic heterocycles. The first-order valence-electron chi connectivity index (χ1n) is 5.89. The highest BCUT2D eigenvalue weighted by Gasteiger charge is 2.12. The number of para-hydroxylation sites is 2. The van der Waals surface area contributed by atoms with Crippen LogP contribution in [0.3, 0.4) is 0 Å². The summed E-state index contributed by atoms with van der Waals surface area (Å²) in [6, 6.07) is 12.4. The number of fused-ring (bicyclic) bond motifs is 1. The van der Waals surface area contributed by atoms with Gasteiger partial charge >= 0.3 is 0 Å². The Labute approximate surface area is 110 Å². The Balaban J connectivity index is 2.26. The molecule has 0 spiro atoms. The highest BCUT2D eigenvalue weighted by molar-refractivity contribution is 7.13. The Morgan fingerprint density at radius 1 is 1.28 bits per heavy atom. The van der Waals surface area contributed by atoms with Crippen LogP contribution in [0.5, 0.6) is 0 Å². The monoisotopic (exact) mass is 254 g/mol.